The molecule has 5 rings (SSSR count). The van der Waals surface area contributed by atoms with E-state index in [9.17, 15) is 4.79 Å². The van der Waals surface area contributed by atoms with E-state index in [1.165, 1.54) is 11.3 Å². The van der Waals surface area contributed by atoms with E-state index in [1.807, 2.05) is 98.9 Å². The summed E-state index contributed by atoms with van der Waals surface area (Å²) in [5, 5.41) is 6.16. The van der Waals surface area contributed by atoms with E-state index in [4.69, 9.17) is 19.4 Å². The maximum absolute atomic E-state index is 12.7. The Morgan fingerprint density at radius 3 is 2.51 bits per heavy atom. The van der Waals surface area contributed by atoms with Gasteiger partial charge in [-0.15, -0.1) is 23.1 Å². The number of para-hydroxylation sites is 1. The monoisotopic (exact) mass is 589 g/mol. The highest BCUT2D eigenvalue weighted by Gasteiger charge is 2.33. The molecule has 0 saturated carbocycles. The molecule has 8 nitrogen and oxygen atoms in total. The summed E-state index contributed by atoms with van der Waals surface area (Å²) in [6.45, 7) is 8.96. The van der Waals surface area contributed by atoms with Gasteiger partial charge in [0.2, 0.25) is 0 Å². The molecular weight excluding hydrogens is 555 g/mol. The Balaban J connectivity index is 1.38. The van der Waals surface area contributed by atoms with Crippen LogP contribution in [0.15, 0.2) is 77.3 Å². The number of hydrogen-bond acceptors (Lipinski definition) is 9. The van der Waals surface area contributed by atoms with Crippen molar-refractivity contribution in [2.75, 3.05) is 18.4 Å². The van der Waals surface area contributed by atoms with Gasteiger partial charge in [0.25, 0.3) is 0 Å². The number of ether oxygens (including phenoxy) is 2. The minimum absolute atomic E-state index is 0.0868. The molecule has 1 aliphatic rings. The van der Waals surface area contributed by atoms with Crippen molar-refractivity contribution in [2.24, 2.45) is 5.92 Å². The van der Waals surface area contributed by atoms with Crippen LogP contribution in [-0.2, 0) is 4.74 Å². The van der Waals surface area contributed by atoms with Crippen LogP contribution in [0.3, 0.4) is 0 Å². The summed E-state index contributed by atoms with van der Waals surface area (Å²) in [6.07, 6.45) is 5.18. The number of benzene rings is 1. The maximum atomic E-state index is 12.7. The molecule has 1 atom stereocenters. The van der Waals surface area contributed by atoms with Gasteiger partial charge in [0.1, 0.15) is 11.4 Å². The molecule has 1 saturated heterocycles. The highest BCUT2D eigenvalue weighted by atomic mass is 32.2. The number of thioether (sulfide) groups is 1. The van der Waals surface area contributed by atoms with E-state index >= 15 is 0 Å². The Hall–Kier alpha value is -3.63. The lowest BCUT2D eigenvalue weighted by atomic mass is 9.91. The Morgan fingerprint density at radius 2 is 1.85 bits per heavy atom. The number of carbonyl (C=O) groups excluding carboxylic acids is 1. The third kappa shape index (κ3) is 7.98. The van der Waals surface area contributed by atoms with Crippen molar-refractivity contribution < 1.29 is 14.3 Å². The second kappa shape index (κ2) is 12.9. The van der Waals surface area contributed by atoms with Gasteiger partial charge in [-0.25, -0.2) is 14.8 Å². The highest BCUT2D eigenvalue weighted by molar-refractivity contribution is 7.99. The van der Waals surface area contributed by atoms with E-state index in [1.54, 1.807) is 11.8 Å². The van der Waals surface area contributed by atoms with E-state index in [-0.39, 0.29) is 11.3 Å². The summed E-state index contributed by atoms with van der Waals surface area (Å²) in [5.41, 5.74) is 1.46. The van der Waals surface area contributed by atoms with Crippen molar-refractivity contribution in [1.82, 2.24) is 19.9 Å². The molecule has 1 fully saturated rings. The molecule has 0 aliphatic carbocycles. The minimum Gasteiger partial charge on any atom is -0.453 e. The molecular formula is C31H35N5O3S2. The van der Waals surface area contributed by atoms with Crippen molar-refractivity contribution >= 4 is 40.1 Å². The molecule has 4 aromatic rings. The van der Waals surface area contributed by atoms with Crippen LogP contribution >= 0.6 is 23.1 Å². The van der Waals surface area contributed by atoms with Crippen LogP contribution in [-0.4, -0.2) is 44.6 Å². The molecule has 1 unspecified atom stereocenters. The first-order valence-electron chi connectivity index (χ1n) is 13.7. The van der Waals surface area contributed by atoms with Crippen LogP contribution in [0.2, 0.25) is 0 Å². The first-order valence-corrected chi connectivity index (χ1v) is 15.5. The number of piperidine rings is 1. The normalized spacial score (nSPS) is 14.9. The molecule has 1 N–H and O–H groups in total. The number of nitrogens with zero attached hydrogens (tertiary/aromatic N) is 4. The summed E-state index contributed by atoms with van der Waals surface area (Å²) in [6, 6.07) is 17.8. The number of pyridine rings is 2. The number of anilines is 2. The molecule has 0 spiro atoms. The maximum Gasteiger partial charge on any atom is 0.410 e. The zero-order valence-corrected chi connectivity index (χ0v) is 25.4. The van der Waals surface area contributed by atoms with E-state index < -0.39 is 5.60 Å². The number of amides is 1. The number of hydrogen-bond donors (Lipinski definition) is 1. The molecule has 1 aromatic carbocycles. The topological polar surface area (TPSA) is 89.5 Å². The quantitative estimate of drug-likeness (QED) is 0.206. The summed E-state index contributed by atoms with van der Waals surface area (Å²) < 4.78 is 11.9. The van der Waals surface area contributed by atoms with Gasteiger partial charge in [-0.05, 0) is 76.8 Å². The number of carbonyl (C=O) groups is 1. The lowest BCUT2D eigenvalue weighted by Gasteiger charge is -2.36. The predicted molar refractivity (Wildman–Crippen MR) is 164 cm³/mol. The molecule has 1 aliphatic heterocycles. The Kier molecular flexibility index (Phi) is 9.09. The zero-order chi connectivity index (χ0) is 28.8. The molecule has 41 heavy (non-hydrogen) atoms. The fourth-order valence-electron chi connectivity index (χ4n) is 4.59. The third-order valence-corrected chi connectivity index (χ3v) is 8.76. The fraction of sp³-hybridized carbons (Fsp3) is 0.355. The van der Waals surface area contributed by atoms with Gasteiger partial charge in [-0.2, -0.15) is 0 Å². The Morgan fingerprint density at radius 1 is 1.10 bits per heavy atom. The average Bonchev–Trinajstić information content (AvgIpc) is 3.37. The standard InChI is InChI=1S/C31H35N5O3S2/c1-21-20-40-29(34-21)35-28-26(38-23-10-6-5-7-11-23)18-24(19-33-28)41-27(25-12-8-9-15-32-25)22-13-16-36(17-14-22)30(37)39-31(2,3)4/h5-12,15,18-20,22,27H,13-14,16-17H2,1-4H3,(H,33,34,35). The Bertz CT molecular complexity index is 1440. The molecule has 3 aromatic heterocycles. The lowest BCUT2D eigenvalue weighted by Crippen LogP contribution is -2.42. The van der Waals surface area contributed by atoms with Gasteiger partial charge in [0, 0.05) is 35.8 Å². The number of thiazole rings is 1. The summed E-state index contributed by atoms with van der Waals surface area (Å²) in [5.74, 6) is 2.27. The van der Waals surface area contributed by atoms with E-state index in [0.717, 1.165) is 40.0 Å². The van der Waals surface area contributed by atoms with Gasteiger partial charge in [-0.3, -0.25) is 4.98 Å². The van der Waals surface area contributed by atoms with E-state index in [2.05, 4.69) is 16.4 Å². The molecule has 214 valence electrons. The summed E-state index contributed by atoms with van der Waals surface area (Å²) >= 11 is 3.26. The molecule has 0 bridgehead atoms. The van der Waals surface area contributed by atoms with Crippen molar-refractivity contribution in [1.29, 1.82) is 0 Å². The van der Waals surface area contributed by atoms with Crippen LogP contribution in [0, 0.1) is 12.8 Å². The van der Waals surface area contributed by atoms with Gasteiger partial charge >= 0.3 is 6.09 Å². The third-order valence-electron chi connectivity index (χ3n) is 6.50. The number of aryl methyl sites for hydroxylation is 1. The largest absolute Gasteiger partial charge is 0.453 e. The van der Waals surface area contributed by atoms with Crippen LogP contribution in [0.25, 0.3) is 0 Å². The SMILES string of the molecule is Cc1csc(Nc2ncc(SC(c3ccccn3)C3CCN(C(=O)OC(C)(C)C)CC3)cc2Oc2ccccc2)n1. The van der Waals surface area contributed by atoms with Crippen LogP contribution in [0.4, 0.5) is 15.7 Å². The van der Waals surface area contributed by atoms with Crippen LogP contribution in [0.5, 0.6) is 11.5 Å². The first kappa shape index (κ1) is 28.9. The average molecular weight is 590 g/mol. The van der Waals surface area contributed by atoms with Gasteiger partial charge in [0.05, 0.1) is 16.6 Å². The first-order chi connectivity index (χ1) is 19.7. The van der Waals surface area contributed by atoms with Gasteiger partial charge in [-0.1, -0.05) is 24.3 Å². The van der Waals surface area contributed by atoms with Crippen LogP contribution in [0.1, 0.15) is 50.3 Å². The lowest BCUT2D eigenvalue weighted by molar-refractivity contribution is 0.0183. The van der Waals surface area contributed by atoms with Crippen molar-refractivity contribution in [3.05, 3.63) is 83.8 Å². The van der Waals surface area contributed by atoms with Gasteiger partial charge in [0.15, 0.2) is 16.7 Å². The van der Waals surface area contributed by atoms with Crippen molar-refractivity contribution in [3.63, 3.8) is 0 Å². The van der Waals surface area contributed by atoms with Crippen LogP contribution < -0.4 is 10.1 Å². The number of aromatic nitrogens is 3. The Labute approximate surface area is 249 Å². The highest BCUT2D eigenvalue weighted by Crippen LogP contribution is 2.45. The number of rotatable bonds is 8. The molecule has 1 amide bonds. The second-order valence-electron chi connectivity index (χ2n) is 10.9. The second-order valence-corrected chi connectivity index (χ2v) is 13.0. The molecule has 4 heterocycles. The number of likely N-dealkylation sites (tertiary alicyclic amines) is 1. The summed E-state index contributed by atoms with van der Waals surface area (Å²) in [4.78, 5) is 29.5. The smallest absolute Gasteiger partial charge is 0.410 e. The predicted octanol–water partition coefficient (Wildman–Crippen LogP) is 8.26. The summed E-state index contributed by atoms with van der Waals surface area (Å²) in [7, 11) is 0. The fourth-order valence-corrected chi connectivity index (χ4v) is 6.58. The van der Waals surface area contributed by atoms with Gasteiger partial charge < -0.3 is 19.7 Å². The molecule has 10 heteroatoms. The minimum atomic E-state index is -0.508. The number of nitrogens with one attached hydrogen (secondary N) is 1. The molecule has 0 radical (unpaired) electrons. The van der Waals surface area contributed by atoms with Crippen molar-refractivity contribution in [2.45, 2.75) is 56.3 Å². The van der Waals surface area contributed by atoms with E-state index in [0.29, 0.717) is 30.6 Å². The zero-order valence-electron chi connectivity index (χ0n) is 23.7. The van der Waals surface area contributed by atoms with Crippen molar-refractivity contribution in [3.8, 4) is 11.5 Å².